The van der Waals surface area contributed by atoms with Crippen LogP contribution in [0.5, 0.6) is 5.75 Å². The quantitative estimate of drug-likeness (QED) is 0.418. The third kappa shape index (κ3) is 5.09. The highest BCUT2D eigenvalue weighted by Crippen LogP contribution is 2.20. The Balaban J connectivity index is 1.79. The maximum Gasteiger partial charge on any atom is 0.287 e. The van der Waals surface area contributed by atoms with Crippen LogP contribution in [0.4, 0.5) is 0 Å². The Bertz CT molecular complexity index is 714. The van der Waals surface area contributed by atoms with Gasteiger partial charge in [0.05, 0.1) is 29.7 Å². The predicted octanol–water partition coefficient (Wildman–Crippen LogP) is 1.77. The molecule has 8 heteroatoms. The zero-order valence-electron chi connectivity index (χ0n) is 12.2. The summed E-state index contributed by atoms with van der Waals surface area (Å²) in [6, 6.07) is 8.60. The van der Waals surface area contributed by atoms with Crippen molar-refractivity contribution in [1.82, 2.24) is 10.7 Å². The molecule has 1 aromatic heterocycles. The number of rotatable bonds is 6. The van der Waals surface area contributed by atoms with Crippen LogP contribution < -0.4 is 15.5 Å². The van der Waals surface area contributed by atoms with Gasteiger partial charge in [0.15, 0.2) is 5.76 Å². The second kappa shape index (κ2) is 8.32. The highest BCUT2D eigenvalue weighted by molar-refractivity contribution is 14.1. The standard InChI is InChI=1S/C15H14IN3O4/c1-22-12-5-4-10(7-11(12)16)8-18-19-14(20)9-17-15(21)13-3-2-6-23-13/h2-8H,9H2,1H3,(H,17,21)(H,19,20)/b18-8+. The molecule has 2 amide bonds. The van der Waals surface area contributed by atoms with Crippen LogP contribution in [0.15, 0.2) is 46.1 Å². The van der Waals surface area contributed by atoms with Gasteiger partial charge >= 0.3 is 0 Å². The Morgan fingerprint density at radius 1 is 1.39 bits per heavy atom. The zero-order valence-corrected chi connectivity index (χ0v) is 14.4. The normalized spacial score (nSPS) is 10.5. The van der Waals surface area contributed by atoms with Crippen LogP contribution in [0.1, 0.15) is 16.1 Å². The summed E-state index contributed by atoms with van der Waals surface area (Å²) < 4.78 is 11.0. The number of furan rings is 1. The van der Waals surface area contributed by atoms with Crippen molar-refractivity contribution in [3.8, 4) is 5.75 Å². The van der Waals surface area contributed by atoms with Crippen LogP contribution in [0.3, 0.4) is 0 Å². The molecule has 0 bridgehead atoms. The lowest BCUT2D eigenvalue weighted by Crippen LogP contribution is -2.34. The van der Waals surface area contributed by atoms with Crippen molar-refractivity contribution in [2.24, 2.45) is 5.10 Å². The average molecular weight is 427 g/mol. The average Bonchev–Trinajstić information content (AvgIpc) is 3.07. The molecule has 0 aliphatic rings. The fraction of sp³-hybridized carbons (Fsp3) is 0.133. The number of hydrogen-bond acceptors (Lipinski definition) is 5. The summed E-state index contributed by atoms with van der Waals surface area (Å²) >= 11 is 2.15. The van der Waals surface area contributed by atoms with E-state index in [0.29, 0.717) is 0 Å². The van der Waals surface area contributed by atoms with Gasteiger partial charge in [-0.2, -0.15) is 5.10 Å². The fourth-order valence-electron chi connectivity index (χ4n) is 1.64. The SMILES string of the molecule is COc1ccc(/C=N/NC(=O)CNC(=O)c2ccco2)cc1I. The van der Waals surface area contributed by atoms with Crippen LogP contribution in [-0.4, -0.2) is 31.7 Å². The minimum absolute atomic E-state index is 0.147. The van der Waals surface area contributed by atoms with E-state index in [0.717, 1.165) is 14.9 Å². The maximum atomic E-state index is 11.6. The summed E-state index contributed by atoms with van der Waals surface area (Å²) in [5, 5.41) is 6.26. The molecule has 0 saturated carbocycles. The van der Waals surface area contributed by atoms with Crippen LogP contribution in [0.2, 0.25) is 0 Å². The summed E-state index contributed by atoms with van der Waals surface area (Å²) in [6.07, 6.45) is 2.89. The van der Waals surface area contributed by atoms with Gasteiger partial charge in [-0.1, -0.05) is 0 Å². The second-order valence-electron chi connectivity index (χ2n) is 4.35. The van der Waals surface area contributed by atoms with E-state index in [4.69, 9.17) is 9.15 Å². The van der Waals surface area contributed by atoms with Crippen molar-refractivity contribution in [3.63, 3.8) is 0 Å². The lowest BCUT2D eigenvalue weighted by Gasteiger charge is -2.03. The van der Waals surface area contributed by atoms with E-state index in [1.165, 1.54) is 18.5 Å². The van der Waals surface area contributed by atoms with Gasteiger partial charge in [-0.3, -0.25) is 9.59 Å². The van der Waals surface area contributed by atoms with Crippen molar-refractivity contribution in [2.45, 2.75) is 0 Å². The monoisotopic (exact) mass is 427 g/mol. The maximum absolute atomic E-state index is 11.6. The van der Waals surface area contributed by atoms with Gasteiger partial charge in [0.25, 0.3) is 11.8 Å². The van der Waals surface area contributed by atoms with E-state index in [9.17, 15) is 9.59 Å². The number of halogens is 1. The number of carbonyl (C=O) groups is 2. The van der Waals surface area contributed by atoms with Crippen LogP contribution >= 0.6 is 22.6 Å². The van der Waals surface area contributed by atoms with E-state index in [1.807, 2.05) is 18.2 Å². The number of hydrogen-bond donors (Lipinski definition) is 2. The molecule has 0 spiro atoms. The molecule has 1 aromatic carbocycles. The molecule has 2 N–H and O–H groups in total. The second-order valence-corrected chi connectivity index (χ2v) is 5.51. The zero-order chi connectivity index (χ0) is 16.7. The molecule has 2 rings (SSSR count). The number of nitrogens with one attached hydrogen (secondary N) is 2. The van der Waals surface area contributed by atoms with E-state index < -0.39 is 11.8 Å². The van der Waals surface area contributed by atoms with Gasteiger partial charge in [0, 0.05) is 0 Å². The smallest absolute Gasteiger partial charge is 0.287 e. The van der Waals surface area contributed by atoms with Gasteiger partial charge in [-0.15, -0.1) is 0 Å². The first-order chi connectivity index (χ1) is 11.1. The van der Waals surface area contributed by atoms with Gasteiger partial charge < -0.3 is 14.5 Å². The van der Waals surface area contributed by atoms with Crippen LogP contribution in [0, 0.1) is 3.57 Å². The Kier molecular flexibility index (Phi) is 6.15. The summed E-state index contributed by atoms with van der Waals surface area (Å²) in [6.45, 7) is -0.197. The third-order valence-electron chi connectivity index (χ3n) is 2.73. The van der Waals surface area contributed by atoms with Crippen LogP contribution in [-0.2, 0) is 4.79 Å². The van der Waals surface area contributed by atoms with Crippen molar-refractivity contribution in [1.29, 1.82) is 0 Å². The van der Waals surface area contributed by atoms with E-state index >= 15 is 0 Å². The summed E-state index contributed by atoms with van der Waals surface area (Å²) in [4.78, 5) is 23.2. The van der Waals surface area contributed by atoms with Crippen molar-refractivity contribution < 1.29 is 18.7 Å². The number of methoxy groups -OCH3 is 1. The number of benzene rings is 1. The molecule has 23 heavy (non-hydrogen) atoms. The molecule has 0 fully saturated rings. The van der Waals surface area contributed by atoms with E-state index in [-0.39, 0.29) is 12.3 Å². The molecule has 1 heterocycles. The number of amides is 2. The van der Waals surface area contributed by atoms with Crippen molar-refractivity contribution in [2.75, 3.05) is 13.7 Å². The number of carbonyl (C=O) groups excluding carboxylic acids is 2. The molecule has 0 unspecified atom stereocenters. The molecular formula is C15H14IN3O4. The molecule has 2 aromatic rings. The van der Waals surface area contributed by atoms with Crippen LogP contribution in [0.25, 0.3) is 0 Å². The lowest BCUT2D eigenvalue weighted by molar-refractivity contribution is -0.120. The molecule has 0 radical (unpaired) electrons. The highest BCUT2D eigenvalue weighted by Gasteiger charge is 2.09. The Morgan fingerprint density at radius 3 is 2.87 bits per heavy atom. The first kappa shape index (κ1) is 17.0. The molecule has 0 aliphatic carbocycles. The van der Waals surface area contributed by atoms with Gasteiger partial charge in [0.1, 0.15) is 5.75 Å². The Labute approximate surface area is 146 Å². The minimum Gasteiger partial charge on any atom is -0.496 e. The molecule has 0 saturated heterocycles. The first-order valence-corrected chi connectivity index (χ1v) is 7.65. The predicted molar refractivity (Wildman–Crippen MR) is 92.5 cm³/mol. The molecule has 7 nitrogen and oxygen atoms in total. The van der Waals surface area contributed by atoms with Gasteiger partial charge in [-0.05, 0) is 58.5 Å². The summed E-state index contributed by atoms with van der Waals surface area (Å²) in [7, 11) is 1.60. The Morgan fingerprint density at radius 2 is 2.22 bits per heavy atom. The van der Waals surface area contributed by atoms with Gasteiger partial charge in [-0.25, -0.2) is 5.43 Å². The number of hydrazone groups is 1. The van der Waals surface area contributed by atoms with Gasteiger partial charge in [0.2, 0.25) is 0 Å². The molecular weight excluding hydrogens is 413 g/mol. The fourth-order valence-corrected chi connectivity index (χ4v) is 2.40. The topological polar surface area (TPSA) is 92.9 Å². The molecule has 0 aliphatic heterocycles. The number of nitrogens with zero attached hydrogens (tertiary/aromatic N) is 1. The Hall–Kier alpha value is -2.36. The minimum atomic E-state index is -0.459. The van der Waals surface area contributed by atoms with Crippen molar-refractivity contribution >= 4 is 40.6 Å². The molecule has 120 valence electrons. The summed E-state index contributed by atoms with van der Waals surface area (Å²) in [5.41, 5.74) is 3.15. The largest absolute Gasteiger partial charge is 0.496 e. The first-order valence-electron chi connectivity index (χ1n) is 6.57. The van der Waals surface area contributed by atoms with Crippen molar-refractivity contribution in [3.05, 3.63) is 51.5 Å². The number of ether oxygens (including phenoxy) is 1. The molecule has 0 atom stereocenters. The third-order valence-corrected chi connectivity index (χ3v) is 3.58. The van der Waals surface area contributed by atoms with E-state index in [2.05, 4.69) is 38.4 Å². The van der Waals surface area contributed by atoms with E-state index in [1.54, 1.807) is 13.2 Å². The lowest BCUT2D eigenvalue weighted by atomic mass is 10.2. The summed E-state index contributed by atoms with van der Waals surface area (Å²) in [5.74, 6) is 0.0183. The highest BCUT2D eigenvalue weighted by atomic mass is 127.